The molecule has 1 atom stereocenters. The van der Waals surface area contributed by atoms with Crippen LogP contribution >= 0.6 is 0 Å². The summed E-state index contributed by atoms with van der Waals surface area (Å²) in [6.07, 6.45) is 2.18. The van der Waals surface area contributed by atoms with E-state index in [9.17, 15) is 9.59 Å². The van der Waals surface area contributed by atoms with Crippen LogP contribution in [0.5, 0.6) is 0 Å². The Morgan fingerprint density at radius 3 is 2.29 bits per heavy atom. The number of nitrogens with zero attached hydrogens (tertiary/aromatic N) is 4. The summed E-state index contributed by atoms with van der Waals surface area (Å²) in [7, 11) is 4.05. The Hall–Kier alpha value is -2.90. The molecular formula is C27H36N4O3. The number of anilines is 1. The third-order valence-corrected chi connectivity index (χ3v) is 6.67. The summed E-state index contributed by atoms with van der Waals surface area (Å²) in [5.74, 6) is 0.183. The fourth-order valence-electron chi connectivity index (χ4n) is 4.57. The van der Waals surface area contributed by atoms with Crippen molar-refractivity contribution in [2.75, 3.05) is 64.9 Å². The van der Waals surface area contributed by atoms with Crippen LogP contribution in [-0.2, 0) is 16.1 Å². The first-order valence-electron chi connectivity index (χ1n) is 12.2. The molecule has 0 unspecified atom stereocenters. The van der Waals surface area contributed by atoms with E-state index in [0.29, 0.717) is 45.8 Å². The van der Waals surface area contributed by atoms with Gasteiger partial charge in [0.25, 0.3) is 5.91 Å². The lowest BCUT2D eigenvalue weighted by atomic mass is 10.1. The van der Waals surface area contributed by atoms with Crippen molar-refractivity contribution < 1.29 is 14.3 Å². The third kappa shape index (κ3) is 6.36. The zero-order valence-electron chi connectivity index (χ0n) is 20.4. The highest BCUT2D eigenvalue weighted by molar-refractivity contribution is 5.94. The quantitative estimate of drug-likeness (QED) is 0.601. The van der Waals surface area contributed by atoms with Gasteiger partial charge in [0, 0.05) is 71.2 Å². The van der Waals surface area contributed by atoms with E-state index < -0.39 is 0 Å². The lowest BCUT2D eigenvalue weighted by Gasteiger charge is -2.36. The summed E-state index contributed by atoms with van der Waals surface area (Å²) in [5.41, 5.74) is 2.98. The molecule has 2 aliphatic rings. The summed E-state index contributed by atoms with van der Waals surface area (Å²) < 4.78 is 5.84. The summed E-state index contributed by atoms with van der Waals surface area (Å²) in [6.45, 7) is 5.04. The number of carbonyl (C=O) groups excluding carboxylic acids is 2. The molecule has 2 fully saturated rings. The van der Waals surface area contributed by atoms with Crippen molar-refractivity contribution in [2.45, 2.75) is 25.5 Å². The maximum atomic E-state index is 13.4. The van der Waals surface area contributed by atoms with Crippen molar-refractivity contribution in [3.05, 3.63) is 65.7 Å². The van der Waals surface area contributed by atoms with Gasteiger partial charge in [-0.2, -0.15) is 0 Å². The molecule has 0 N–H and O–H groups in total. The van der Waals surface area contributed by atoms with E-state index in [1.54, 1.807) is 0 Å². The summed E-state index contributed by atoms with van der Waals surface area (Å²) in [5, 5.41) is 0. The first-order valence-corrected chi connectivity index (χ1v) is 12.2. The van der Waals surface area contributed by atoms with E-state index in [1.807, 2.05) is 54.2 Å². The minimum absolute atomic E-state index is 0.0627. The Morgan fingerprint density at radius 2 is 1.68 bits per heavy atom. The van der Waals surface area contributed by atoms with Crippen LogP contribution in [0.3, 0.4) is 0 Å². The Balaban J connectivity index is 1.34. The maximum Gasteiger partial charge on any atom is 0.253 e. The van der Waals surface area contributed by atoms with Crippen LogP contribution in [0.25, 0.3) is 0 Å². The van der Waals surface area contributed by atoms with Crippen LogP contribution < -0.4 is 4.90 Å². The molecule has 2 saturated heterocycles. The topological polar surface area (TPSA) is 56.3 Å². The van der Waals surface area contributed by atoms with Gasteiger partial charge in [0.15, 0.2) is 0 Å². The monoisotopic (exact) mass is 464 g/mol. The second kappa shape index (κ2) is 11.5. The van der Waals surface area contributed by atoms with Gasteiger partial charge in [-0.25, -0.2) is 0 Å². The molecule has 7 nitrogen and oxygen atoms in total. The normalized spacial score (nSPS) is 18.6. The van der Waals surface area contributed by atoms with Crippen molar-refractivity contribution in [1.82, 2.24) is 14.7 Å². The van der Waals surface area contributed by atoms with E-state index in [1.165, 1.54) is 0 Å². The number of rotatable bonds is 8. The molecule has 2 amide bonds. The number of benzene rings is 2. The number of carbonyl (C=O) groups is 2. The van der Waals surface area contributed by atoms with Gasteiger partial charge in [-0.1, -0.05) is 30.3 Å². The average molecular weight is 465 g/mol. The Morgan fingerprint density at radius 1 is 0.971 bits per heavy atom. The molecule has 0 bridgehead atoms. The summed E-state index contributed by atoms with van der Waals surface area (Å²) in [4.78, 5) is 34.1. The van der Waals surface area contributed by atoms with Crippen LogP contribution in [-0.4, -0.2) is 92.6 Å². The third-order valence-electron chi connectivity index (χ3n) is 6.67. The molecule has 0 spiro atoms. The fourth-order valence-corrected chi connectivity index (χ4v) is 4.57. The smallest absolute Gasteiger partial charge is 0.253 e. The molecule has 0 aromatic heterocycles. The molecule has 0 radical (unpaired) electrons. The molecule has 0 aliphatic carbocycles. The van der Waals surface area contributed by atoms with E-state index in [4.69, 9.17) is 4.74 Å². The van der Waals surface area contributed by atoms with E-state index in [0.717, 1.165) is 36.3 Å². The standard InChI is InChI=1S/C27H36N4O3/c1-28(2)24-12-10-22(11-13-24)19-31(20-25-9-6-18-34-25)26(32)21-29-14-16-30(17-15-29)27(33)23-7-4-3-5-8-23/h3-5,7-8,10-13,25H,6,9,14-21H2,1-2H3/t25-/m1/s1. The van der Waals surface area contributed by atoms with Crippen molar-refractivity contribution >= 4 is 17.5 Å². The highest BCUT2D eigenvalue weighted by atomic mass is 16.5. The Labute approximate surface area is 202 Å². The molecular weight excluding hydrogens is 428 g/mol. The molecule has 2 aromatic rings. The Bertz CT molecular complexity index is 934. The maximum absolute atomic E-state index is 13.4. The molecule has 182 valence electrons. The van der Waals surface area contributed by atoms with Gasteiger partial charge < -0.3 is 19.4 Å². The van der Waals surface area contributed by atoms with Crippen LogP contribution in [0, 0.1) is 0 Å². The second-order valence-electron chi connectivity index (χ2n) is 9.40. The molecule has 4 rings (SSSR count). The minimum atomic E-state index is 0.0627. The number of amides is 2. The van der Waals surface area contributed by atoms with Gasteiger partial charge in [0.2, 0.25) is 5.91 Å². The SMILES string of the molecule is CN(C)c1ccc(CN(C[C@H]2CCCO2)C(=O)CN2CCN(C(=O)c3ccccc3)CC2)cc1. The van der Waals surface area contributed by atoms with Crippen molar-refractivity contribution in [3.63, 3.8) is 0 Å². The molecule has 2 aliphatic heterocycles. The predicted octanol–water partition coefficient (Wildman–Crippen LogP) is 2.72. The van der Waals surface area contributed by atoms with Gasteiger partial charge in [0.1, 0.15) is 0 Å². The van der Waals surface area contributed by atoms with Crippen LogP contribution in [0.1, 0.15) is 28.8 Å². The predicted molar refractivity (Wildman–Crippen MR) is 134 cm³/mol. The highest BCUT2D eigenvalue weighted by Crippen LogP contribution is 2.18. The van der Waals surface area contributed by atoms with Gasteiger partial charge >= 0.3 is 0 Å². The molecule has 2 aromatic carbocycles. The second-order valence-corrected chi connectivity index (χ2v) is 9.40. The molecule has 0 saturated carbocycles. The van der Waals surface area contributed by atoms with Crippen LogP contribution in [0.15, 0.2) is 54.6 Å². The molecule has 7 heteroatoms. The zero-order valence-corrected chi connectivity index (χ0v) is 20.4. The van der Waals surface area contributed by atoms with Gasteiger partial charge in [-0.3, -0.25) is 14.5 Å². The van der Waals surface area contributed by atoms with Crippen molar-refractivity contribution in [3.8, 4) is 0 Å². The van der Waals surface area contributed by atoms with Gasteiger partial charge in [-0.15, -0.1) is 0 Å². The molecule has 2 heterocycles. The number of hydrogen-bond donors (Lipinski definition) is 0. The van der Waals surface area contributed by atoms with E-state index in [2.05, 4.69) is 34.1 Å². The van der Waals surface area contributed by atoms with Crippen LogP contribution in [0.2, 0.25) is 0 Å². The highest BCUT2D eigenvalue weighted by Gasteiger charge is 2.27. The van der Waals surface area contributed by atoms with Crippen molar-refractivity contribution in [1.29, 1.82) is 0 Å². The number of hydrogen-bond acceptors (Lipinski definition) is 5. The Kier molecular flexibility index (Phi) is 8.19. The van der Waals surface area contributed by atoms with Crippen LogP contribution in [0.4, 0.5) is 5.69 Å². The molecule has 34 heavy (non-hydrogen) atoms. The summed E-state index contributed by atoms with van der Waals surface area (Å²) in [6, 6.07) is 17.8. The van der Waals surface area contributed by atoms with E-state index >= 15 is 0 Å². The first-order chi connectivity index (χ1) is 16.5. The first kappa shape index (κ1) is 24.2. The lowest BCUT2D eigenvalue weighted by molar-refractivity contribution is -0.135. The average Bonchev–Trinajstić information content (AvgIpc) is 3.38. The minimum Gasteiger partial charge on any atom is -0.378 e. The zero-order chi connectivity index (χ0) is 23.9. The fraction of sp³-hybridized carbons (Fsp3) is 0.481. The largest absolute Gasteiger partial charge is 0.378 e. The van der Waals surface area contributed by atoms with Crippen molar-refractivity contribution in [2.24, 2.45) is 0 Å². The van der Waals surface area contributed by atoms with E-state index in [-0.39, 0.29) is 17.9 Å². The number of piperazine rings is 1. The summed E-state index contributed by atoms with van der Waals surface area (Å²) >= 11 is 0. The van der Waals surface area contributed by atoms with Gasteiger partial charge in [-0.05, 0) is 42.7 Å². The number of ether oxygens (including phenoxy) is 1. The van der Waals surface area contributed by atoms with Gasteiger partial charge in [0.05, 0.1) is 12.6 Å². The lowest BCUT2D eigenvalue weighted by Crippen LogP contribution is -2.52.